The van der Waals surface area contributed by atoms with Crippen LogP contribution in [-0.4, -0.2) is 180 Å². The molecule has 8 amide bonds. The van der Waals surface area contributed by atoms with Crippen molar-refractivity contribution in [3.63, 3.8) is 0 Å². The average Bonchev–Trinajstić information content (AvgIpc) is 0.951. The molecule has 8 aliphatic heterocycles. The Kier molecular flexibility index (Phi) is 31.6. The molecule has 0 radical (unpaired) electrons. The smallest absolute Gasteiger partial charge is 0.326 e. The van der Waals surface area contributed by atoms with Gasteiger partial charge in [0.25, 0.3) is 0 Å². The van der Waals surface area contributed by atoms with E-state index in [1.165, 1.54) is 29.2 Å². The van der Waals surface area contributed by atoms with E-state index in [9.17, 15) is 47.1 Å². The van der Waals surface area contributed by atoms with Gasteiger partial charge < -0.3 is 64.6 Å². The van der Waals surface area contributed by atoms with E-state index in [2.05, 4.69) is 71.9 Å². The van der Waals surface area contributed by atoms with Crippen LogP contribution in [0, 0.1) is 35.3 Å². The number of carbonyl (C=O) groups excluding carboxylic acids is 8. The Bertz CT molecular complexity index is 6300. The highest BCUT2D eigenvalue weighted by Crippen LogP contribution is 2.44. The monoisotopic (exact) mass is 1990 g/mol. The number of halogens is 4. The van der Waals surface area contributed by atoms with Crippen molar-refractivity contribution < 1.29 is 66.1 Å². The third-order valence-corrected chi connectivity index (χ3v) is 27.3. The van der Waals surface area contributed by atoms with E-state index in [4.69, 9.17) is 47.1 Å². The molecule has 12 heterocycles. The van der Waals surface area contributed by atoms with E-state index in [1.54, 1.807) is 60.9 Å². The summed E-state index contributed by atoms with van der Waals surface area (Å²) in [6, 6.07) is 56.7. The van der Waals surface area contributed by atoms with Crippen molar-refractivity contribution in [3.8, 4) is 67.5 Å². The SMILES string of the molecule is CC(=O)C1CCN(c2ccc(-c3ccc4c(c3)OC(C)CN4C(=O)Nc3ccc(Cl)cc3F)cn2)CC1.CC(=O)C1CCN(c2ccc(-c3ccc4c(c3)OC(C)CN4C(=O)Nc3ccccc3)cn2)CC1.CC(=O)C1CCN(c2ncc(-c3ccc4c(c3)OC(C)CN4C(=O)Nc3ccc(Cl)cc3F)cn2)CC1.CC(=O)CC1CCN(c2ncc(-c3ccc4c(c3)OC(C)CN4C(=O)Nc3ccccc3)cn2)C1. The number of pyridine rings is 2. The van der Waals surface area contributed by atoms with Crippen molar-refractivity contribution in [2.45, 2.75) is 131 Å². The van der Waals surface area contributed by atoms with E-state index in [0.717, 1.165) is 188 Å². The quantitative estimate of drug-likeness (QED) is 0.0658. The van der Waals surface area contributed by atoms with Crippen molar-refractivity contribution >= 4 is 139 Å². The molecule has 8 aromatic carbocycles. The molecule has 144 heavy (non-hydrogen) atoms. The molecule has 34 heteroatoms. The number of ether oxygens (including phenoxy) is 4. The van der Waals surface area contributed by atoms with Crippen molar-refractivity contribution in [1.29, 1.82) is 0 Å². The molecule has 4 saturated heterocycles. The van der Waals surface area contributed by atoms with Crippen LogP contribution in [0.3, 0.4) is 0 Å². The second-order valence-electron chi connectivity index (χ2n) is 37.6. The van der Waals surface area contributed by atoms with Crippen LogP contribution >= 0.6 is 23.2 Å². The fourth-order valence-corrected chi connectivity index (χ4v) is 19.4. The minimum absolute atomic E-state index is 0.0504. The predicted octanol–water partition coefficient (Wildman–Crippen LogP) is 21.9. The maximum atomic E-state index is 14.2. The first kappa shape index (κ1) is 100. The molecular formula is C110H114Cl2F2N18O12. The molecule has 4 fully saturated rings. The Morgan fingerprint density at radius 1 is 0.326 bits per heavy atom. The average molecular weight is 1990 g/mol. The number of aromatic nitrogens is 6. The summed E-state index contributed by atoms with van der Waals surface area (Å²) in [6.45, 7) is 22.4. The van der Waals surface area contributed by atoms with E-state index in [-0.39, 0.29) is 98.8 Å². The number of anilines is 12. The summed E-state index contributed by atoms with van der Waals surface area (Å²) >= 11 is 11.6. The van der Waals surface area contributed by atoms with Gasteiger partial charge in [0.05, 0.1) is 60.3 Å². The lowest BCUT2D eigenvalue weighted by atomic mass is 9.93. The first-order valence-corrected chi connectivity index (χ1v) is 49.4. The summed E-state index contributed by atoms with van der Waals surface area (Å²) in [7, 11) is 0. The van der Waals surface area contributed by atoms with E-state index >= 15 is 0 Å². The van der Waals surface area contributed by atoms with Gasteiger partial charge in [-0.3, -0.25) is 34.0 Å². The predicted molar refractivity (Wildman–Crippen MR) is 558 cm³/mol. The number of amides is 8. The normalized spacial score (nSPS) is 18.1. The van der Waals surface area contributed by atoms with Crippen LogP contribution in [0.4, 0.5) is 97.0 Å². The summed E-state index contributed by atoms with van der Waals surface area (Å²) in [5.74, 6) is 6.24. The van der Waals surface area contributed by atoms with Gasteiger partial charge in [0.2, 0.25) is 11.9 Å². The molecule has 5 unspecified atom stereocenters. The maximum Gasteiger partial charge on any atom is 0.326 e. The van der Waals surface area contributed by atoms with Gasteiger partial charge in [-0.25, -0.2) is 57.9 Å². The van der Waals surface area contributed by atoms with Crippen LogP contribution < -0.4 is 79.4 Å². The van der Waals surface area contributed by atoms with Gasteiger partial charge in [-0.2, -0.15) is 0 Å². The zero-order valence-electron chi connectivity index (χ0n) is 81.4. The molecule has 5 atom stereocenters. The minimum Gasteiger partial charge on any atom is -0.487 e. The first-order chi connectivity index (χ1) is 69.5. The van der Waals surface area contributed by atoms with Gasteiger partial charge in [0.1, 0.15) is 93.8 Å². The van der Waals surface area contributed by atoms with Gasteiger partial charge >= 0.3 is 24.1 Å². The molecule has 4 aromatic heterocycles. The number of nitrogens with zero attached hydrogens (tertiary/aromatic N) is 14. The number of piperidine rings is 3. The fraction of sp³-hybridized carbons (Fsp3) is 0.327. The highest BCUT2D eigenvalue weighted by molar-refractivity contribution is 6.31. The molecule has 0 saturated carbocycles. The summed E-state index contributed by atoms with van der Waals surface area (Å²) in [5.41, 5.74) is 11.5. The zero-order valence-corrected chi connectivity index (χ0v) is 82.9. The van der Waals surface area contributed by atoms with Crippen LogP contribution in [0.1, 0.15) is 107 Å². The number of fused-ring (bicyclic) bond motifs is 4. The Hall–Kier alpha value is -15.2. The van der Waals surface area contributed by atoms with Gasteiger partial charge in [0, 0.05) is 157 Å². The second kappa shape index (κ2) is 45.4. The zero-order chi connectivity index (χ0) is 101. The highest BCUT2D eigenvalue weighted by atomic mass is 35.5. The number of benzene rings is 8. The van der Waals surface area contributed by atoms with E-state index < -0.39 is 23.7 Å². The number of para-hydroxylation sites is 2. The minimum atomic E-state index is -0.607. The number of rotatable bonds is 17. The molecule has 12 aromatic rings. The van der Waals surface area contributed by atoms with Gasteiger partial charge in [-0.1, -0.05) is 83.9 Å². The van der Waals surface area contributed by atoms with Crippen LogP contribution in [0.2, 0.25) is 10.0 Å². The molecule has 8 aliphatic rings. The topological polar surface area (TPSA) is 325 Å². The van der Waals surface area contributed by atoms with Crippen LogP contribution in [0.25, 0.3) is 44.5 Å². The molecule has 0 aliphatic carbocycles. The number of carbonyl (C=O) groups is 8. The van der Waals surface area contributed by atoms with E-state index in [1.807, 2.05) is 198 Å². The maximum absolute atomic E-state index is 14.2. The summed E-state index contributed by atoms with van der Waals surface area (Å²) in [5, 5.41) is 11.7. The number of hydrogen-bond acceptors (Lipinski definition) is 22. The third-order valence-electron chi connectivity index (χ3n) is 26.8. The van der Waals surface area contributed by atoms with Crippen LogP contribution in [0.15, 0.2) is 231 Å². The number of urea groups is 4. The van der Waals surface area contributed by atoms with Gasteiger partial charge in [-0.05, 0) is 262 Å². The number of ketones is 4. The fourth-order valence-electron chi connectivity index (χ4n) is 19.1. The Morgan fingerprint density at radius 2 is 0.625 bits per heavy atom. The van der Waals surface area contributed by atoms with Crippen molar-refractivity contribution in [1.82, 2.24) is 29.9 Å². The highest BCUT2D eigenvalue weighted by Gasteiger charge is 2.36. The molecule has 0 spiro atoms. The summed E-state index contributed by atoms with van der Waals surface area (Å²) in [6.07, 6.45) is 16.8. The molecular weight excluding hydrogens is 1870 g/mol. The lowest BCUT2D eigenvalue weighted by molar-refractivity contribution is -0.122. The van der Waals surface area contributed by atoms with Gasteiger partial charge in [0.15, 0.2) is 0 Å². The number of Topliss-reactive ketones (excluding diaryl/α,β-unsaturated/α-hetero) is 4. The molecule has 744 valence electrons. The molecule has 30 nitrogen and oxygen atoms in total. The van der Waals surface area contributed by atoms with Crippen molar-refractivity contribution in [3.05, 3.63) is 253 Å². The first-order valence-electron chi connectivity index (χ1n) is 48.7. The Morgan fingerprint density at radius 3 is 0.938 bits per heavy atom. The Balaban J connectivity index is 0.000000132. The molecule has 4 N–H and O–H groups in total. The lowest BCUT2D eigenvalue weighted by Crippen LogP contribution is -2.44. The number of nitrogens with one attached hydrogen (secondary N) is 4. The van der Waals surface area contributed by atoms with Gasteiger partial charge in [-0.15, -0.1) is 0 Å². The van der Waals surface area contributed by atoms with Crippen molar-refractivity contribution in [2.24, 2.45) is 23.7 Å². The lowest BCUT2D eigenvalue weighted by Gasteiger charge is -2.33. The Labute approximate surface area is 844 Å². The molecule has 20 rings (SSSR count). The van der Waals surface area contributed by atoms with E-state index in [0.29, 0.717) is 84.8 Å². The summed E-state index contributed by atoms with van der Waals surface area (Å²) in [4.78, 5) is 141. The van der Waals surface area contributed by atoms with Crippen LogP contribution in [-0.2, 0) is 19.2 Å². The third kappa shape index (κ3) is 24.6. The number of hydrogen-bond donors (Lipinski definition) is 4. The summed E-state index contributed by atoms with van der Waals surface area (Å²) < 4.78 is 52.7. The molecule has 0 bridgehead atoms. The second-order valence-corrected chi connectivity index (χ2v) is 38.4. The van der Waals surface area contributed by atoms with Crippen molar-refractivity contribution in [2.75, 3.05) is 139 Å². The van der Waals surface area contributed by atoms with Crippen LogP contribution in [0.5, 0.6) is 23.0 Å². The standard InChI is InChI=1S/C28H28ClFN4O3.C28H30N4O3.C27H27ClFN5O3.C27H29N5O3/c1-17-16-34(28(36)32-24-6-5-22(29)14-23(24)30)25-7-3-20(13-26(25)37-17)21-4-8-27(31-15-21)33-11-9-19(10-12-33)18(2)35;1-19-18-32(28(34)30-24-6-4-3-5-7-24)25-10-8-22(16-26(25)35-19)23-9-11-27(29-17-23)31-14-12-21(13-15-31)20(2)33;1-16-15-34(27(36)32-23-5-4-21(28)12-22(23)29)24-6-3-19(11-25(24)37-16)20-13-30-26(31-14-20)33-9-7-18(8-10-33)17(2)35;1-18(33)12-20-10-11-31(17-20)26-28-14-22(15-29-26)21-8-9-24-25(13-21)35-19(2)16-32(24)27(34)30-23-6-4-3-5-7-23/h3-8,13-15,17,19H,9-12,16H2,1-2H3,(H,32,36);3-11,16-17,19,21H,12-15,18H2,1-2H3,(H,30,34);3-6,11-14,16,18H,7-10,15H2,1-2H3,(H,32,36);3-9,13-15,19-20H,10-12,16-17H2,1-2H3,(H,30,34). The largest absolute Gasteiger partial charge is 0.487 e.